The van der Waals surface area contributed by atoms with Gasteiger partial charge in [-0.1, -0.05) is 13.0 Å². The zero-order valence-electron chi connectivity index (χ0n) is 14.3. The molecule has 128 valence electrons. The van der Waals surface area contributed by atoms with Gasteiger partial charge in [0.15, 0.2) is 0 Å². The summed E-state index contributed by atoms with van der Waals surface area (Å²) < 4.78 is 1.70. The molecule has 0 aliphatic carbocycles. The number of aliphatic carboxylic acids is 1. The van der Waals surface area contributed by atoms with Crippen molar-refractivity contribution in [3.8, 4) is 5.69 Å². The maximum Gasteiger partial charge on any atom is 0.321 e. The highest BCUT2D eigenvalue weighted by atomic mass is 16.4. The lowest BCUT2D eigenvalue weighted by molar-refractivity contribution is -0.141. The van der Waals surface area contributed by atoms with Crippen LogP contribution in [0.2, 0.25) is 0 Å². The highest BCUT2D eigenvalue weighted by Gasteiger charge is 2.18. The van der Waals surface area contributed by atoms with Crippen molar-refractivity contribution < 1.29 is 14.7 Å². The van der Waals surface area contributed by atoms with Crippen LogP contribution in [0.25, 0.3) is 5.69 Å². The average Bonchev–Trinajstić information content (AvgIpc) is 2.93. The SMILES string of the molecule is Cc1ccc(-n2cc(C)cn2)c(NC(=O)N(C)CC(C)C(=O)O)c1. The van der Waals surface area contributed by atoms with Gasteiger partial charge < -0.3 is 15.3 Å². The Morgan fingerprint density at radius 1 is 1.33 bits per heavy atom. The Morgan fingerprint density at radius 2 is 2.04 bits per heavy atom. The first kappa shape index (κ1) is 17.5. The van der Waals surface area contributed by atoms with Crippen LogP contribution in [0, 0.1) is 19.8 Å². The number of hydrogen-bond donors (Lipinski definition) is 2. The lowest BCUT2D eigenvalue weighted by atomic mass is 10.2. The highest BCUT2D eigenvalue weighted by Crippen LogP contribution is 2.22. The molecule has 2 rings (SSSR count). The van der Waals surface area contributed by atoms with Crippen LogP contribution in [0.5, 0.6) is 0 Å². The Labute approximate surface area is 140 Å². The van der Waals surface area contributed by atoms with Crippen molar-refractivity contribution in [2.45, 2.75) is 20.8 Å². The summed E-state index contributed by atoms with van der Waals surface area (Å²) in [5, 5.41) is 16.1. The number of nitrogens with one attached hydrogen (secondary N) is 1. The molecule has 7 heteroatoms. The fraction of sp³-hybridized carbons (Fsp3) is 0.353. The molecule has 24 heavy (non-hydrogen) atoms. The Morgan fingerprint density at radius 3 is 2.62 bits per heavy atom. The molecule has 0 fully saturated rings. The Balaban J connectivity index is 2.21. The molecule has 0 aliphatic heterocycles. The van der Waals surface area contributed by atoms with Gasteiger partial charge in [0, 0.05) is 19.8 Å². The lowest BCUT2D eigenvalue weighted by Gasteiger charge is -2.21. The molecule has 1 heterocycles. The van der Waals surface area contributed by atoms with Crippen molar-refractivity contribution in [1.29, 1.82) is 0 Å². The molecule has 1 unspecified atom stereocenters. The first-order chi connectivity index (χ1) is 11.3. The number of carboxylic acid groups (broad SMARTS) is 1. The zero-order chi connectivity index (χ0) is 17.9. The van der Waals surface area contributed by atoms with Crippen LogP contribution < -0.4 is 5.32 Å². The fourth-order valence-corrected chi connectivity index (χ4v) is 2.28. The van der Waals surface area contributed by atoms with E-state index in [1.165, 1.54) is 4.90 Å². The molecular formula is C17H22N4O3. The normalized spacial score (nSPS) is 11.8. The van der Waals surface area contributed by atoms with Gasteiger partial charge in [-0.25, -0.2) is 9.48 Å². The summed E-state index contributed by atoms with van der Waals surface area (Å²) in [6.07, 6.45) is 3.61. The molecule has 0 radical (unpaired) electrons. The largest absolute Gasteiger partial charge is 0.481 e. The Kier molecular flexibility index (Phi) is 5.23. The molecule has 2 aromatic rings. The van der Waals surface area contributed by atoms with Crippen molar-refractivity contribution in [3.63, 3.8) is 0 Å². The van der Waals surface area contributed by atoms with E-state index in [1.54, 1.807) is 24.9 Å². The molecule has 1 aromatic heterocycles. The summed E-state index contributed by atoms with van der Waals surface area (Å²) >= 11 is 0. The van der Waals surface area contributed by atoms with E-state index in [4.69, 9.17) is 5.11 Å². The fourth-order valence-electron chi connectivity index (χ4n) is 2.28. The third-order valence-corrected chi connectivity index (χ3v) is 3.67. The Bertz CT molecular complexity index is 754. The summed E-state index contributed by atoms with van der Waals surface area (Å²) in [4.78, 5) is 24.7. The van der Waals surface area contributed by atoms with Crippen LogP contribution in [0.15, 0.2) is 30.6 Å². The number of amides is 2. The number of urea groups is 1. The smallest absolute Gasteiger partial charge is 0.321 e. The van der Waals surface area contributed by atoms with Crippen molar-refractivity contribution >= 4 is 17.7 Å². The molecule has 2 N–H and O–H groups in total. The lowest BCUT2D eigenvalue weighted by Crippen LogP contribution is -2.36. The summed E-state index contributed by atoms with van der Waals surface area (Å²) in [6, 6.07) is 5.33. The van der Waals surface area contributed by atoms with Crippen molar-refractivity contribution in [3.05, 3.63) is 41.7 Å². The van der Waals surface area contributed by atoms with Gasteiger partial charge in [-0.2, -0.15) is 5.10 Å². The van der Waals surface area contributed by atoms with E-state index in [1.807, 2.05) is 38.2 Å². The predicted octanol–water partition coefficient (Wildman–Crippen LogP) is 2.67. The minimum absolute atomic E-state index is 0.128. The monoisotopic (exact) mass is 330 g/mol. The number of hydrogen-bond acceptors (Lipinski definition) is 3. The first-order valence-corrected chi connectivity index (χ1v) is 7.65. The van der Waals surface area contributed by atoms with Gasteiger partial charge in [-0.15, -0.1) is 0 Å². The average molecular weight is 330 g/mol. The summed E-state index contributed by atoms with van der Waals surface area (Å²) in [6.45, 7) is 5.57. The zero-order valence-corrected chi connectivity index (χ0v) is 14.3. The number of rotatable bonds is 5. The van der Waals surface area contributed by atoms with Crippen LogP contribution in [0.4, 0.5) is 10.5 Å². The van der Waals surface area contributed by atoms with Crippen LogP contribution in [0.1, 0.15) is 18.1 Å². The van der Waals surface area contributed by atoms with E-state index >= 15 is 0 Å². The van der Waals surface area contributed by atoms with Crippen molar-refractivity contribution in [2.75, 3.05) is 18.9 Å². The second-order valence-electron chi connectivity index (χ2n) is 6.03. The third kappa shape index (κ3) is 4.13. The van der Waals surface area contributed by atoms with Crippen LogP contribution in [0.3, 0.4) is 0 Å². The van der Waals surface area contributed by atoms with E-state index in [9.17, 15) is 9.59 Å². The summed E-state index contributed by atoms with van der Waals surface area (Å²) in [5.74, 6) is -1.57. The Hall–Kier alpha value is -2.83. The predicted molar refractivity (Wildman–Crippen MR) is 91.5 cm³/mol. The minimum atomic E-state index is -0.932. The molecule has 7 nitrogen and oxygen atoms in total. The van der Waals surface area contributed by atoms with Gasteiger partial charge in [0.1, 0.15) is 0 Å². The van der Waals surface area contributed by atoms with Gasteiger partial charge in [0.2, 0.25) is 0 Å². The molecule has 0 spiro atoms. The number of carbonyl (C=O) groups is 2. The highest BCUT2D eigenvalue weighted by molar-refractivity contribution is 5.91. The number of aryl methyl sites for hydroxylation is 2. The maximum atomic E-state index is 12.4. The molecule has 2 amide bonds. The van der Waals surface area contributed by atoms with Gasteiger partial charge in [-0.3, -0.25) is 4.79 Å². The van der Waals surface area contributed by atoms with Crippen LogP contribution >= 0.6 is 0 Å². The number of aromatic nitrogens is 2. The molecule has 0 saturated carbocycles. The van der Waals surface area contributed by atoms with Crippen molar-refractivity contribution in [2.24, 2.45) is 5.92 Å². The van der Waals surface area contributed by atoms with Crippen LogP contribution in [-0.2, 0) is 4.79 Å². The molecule has 0 aliphatic rings. The van der Waals surface area contributed by atoms with Gasteiger partial charge in [0.05, 0.1) is 23.5 Å². The van der Waals surface area contributed by atoms with Crippen LogP contribution in [-0.4, -0.2) is 45.4 Å². The number of anilines is 1. The number of benzene rings is 1. The van der Waals surface area contributed by atoms with Gasteiger partial charge in [-0.05, 0) is 37.1 Å². The summed E-state index contributed by atoms with van der Waals surface area (Å²) in [5.41, 5.74) is 3.39. The number of carbonyl (C=O) groups excluding carboxylic acids is 1. The topological polar surface area (TPSA) is 87.5 Å². The van der Waals surface area contributed by atoms with Gasteiger partial charge >= 0.3 is 12.0 Å². The molecule has 1 aromatic carbocycles. The third-order valence-electron chi connectivity index (χ3n) is 3.67. The molecule has 0 bridgehead atoms. The number of carboxylic acids is 1. The minimum Gasteiger partial charge on any atom is -0.481 e. The molecular weight excluding hydrogens is 308 g/mol. The van der Waals surface area contributed by atoms with E-state index in [-0.39, 0.29) is 12.6 Å². The summed E-state index contributed by atoms with van der Waals surface area (Å²) in [7, 11) is 1.57. The maximum absolute atomic E-state index is 12.4. The van der Waals surface area contributed by atoms with E-state index in [0.29, 0.717) is 5.69 Å². The second-order valence-corrected chi connectivity index (χ2v) is 6.03. The van der Waals surface area contributed by atoms with E-state index < -0.39 is 11.9 Å². The standard InChI is InChI=1S/C17H22N4O3/c1-11-5-6-15(21-9-12(2)8-18-21)14(7-11)19-17(24)20(4)10-13(3)16(22)23/h5-9,13H,10H2,1-4H3,(H,19,24)(H,22,23). The van der Waals surface area contributed by atoms with E-state index in [2.05, 4.69) is 10.4 Å². The molecule has 0 saturated heterocycles. The first-order valence-electron chi connectivity index (χ1n) is 7.65. The number of nitrogens with zero attached hydrogens (tertiary/aromatic N) is 3. The van der Waals surface area contributed by atoms with E-state index in [0.717, 1.165) is 16.8 Å². The second kappa shape index (κ2) is 7.16. The molecule has 1 atom stereocenters. The van der Waals surface area contributed by atoms with Crippen molar-refractivity contribution in [1.82, 2.24) is 14.7 Å². The quantitative estimate of drug-likeness (QED) is 0.882. The van der Waals surface area contributed by atoms with Gasteiger partial charge in [0.25, 0.3) is 0 Å².